The zero-order chi connectivity index (χ0) is 20.2. The Bertz CT molecular complexity index is 1070. The number of ketones is 1. The van der Waals surface area contributed by atoms with Crippen LogP contribution in [0.1, 0.15) is 22.9 Å². The van der Waals surface area contributed by atoms with Crippen molar-refractivity contribution >= 4 is 17.8 Å². The second-order valence-electron chi connectivity index (χ2n) is 6.45. The van der Waals surface area contributed by atoms with Gasteiger partial charge < -0.3 is 14.4 Å². The summed E-state index contributed by atoms with van der Waals surface area (Å²) in [5.41, 5.74) is 1.48. The topological polar surface area (TPSA) is 96.5 Å². The summed E-state index contributed by atoms with van der Waals surface area (Å²) in [4.78, 5) is 35.3. The number of rotatable bonds is 6. The van der Waals surface area contributed by atoms with Crippen molar-refractivity contribution in [2.45, 2.75) is 12.6 Å². The highest BCUT2D eigenvalue weighted by Gasteiger charge is 2.42. The van der Waals surface area contributed by atoms with E-state index in [2.05, 4.69) is 9.97 Å². The third-order valence-electron chi connectivity index (χ3n) is 4.61. The van der Waals surface area contributed by atoms with E-state index >= 15 is 0 Å². The van der Waals surface area contributed by atoms with Crippen LogP contribution in [-0.2, 0) is 16.1 Å². The molecule has 1 aliphatic rings. The van der Waals surface area contributed by atoms with Gasteiger partial charge in [-0.25, -0.2) is 0 Å². The average molecular weight is 387 g/mol. The van der Waals surface area contributed by atoms with Crippen LogP contribution in [-0.4, -0.2) is 31.7 Å². The van der Waals surface area contributed by atoms with Crippen LogP contribution in [0.4, 0.5) is 0 Å². The molecule has 4 heterocycles. The van der Waals surface area contributed by atoms with Crippen molar-refractivity contribution in [3.05, 3.63) is 102 Å². The monoisotopic (exact) mass is 387 g/mol. The number of furan rings is 1. The molecule has 0 aromatic carbocycles. The van der Waals surface area contributed by atoms with Crippen molar-refractivity contribution in [1.29, 1.82) is 0 Å². The average Bonchev–Trinajstić information content (AvgIpc) is 3.36. The Morgan fingerprint density at radius 2 is 1.97 bits per heavy atom. The fourth-order valence-corrected chi connectivity index (χ4v) is 3.28. The van der Waals surface area contributed by atoms with Crippen molar-refractivity contribution in [2.75, 3.05) is 0 Å². The van der Waals surface area contributed by atoms with Crippen LogP contribution in [0, 0.1) is 0 Å². The minimum absolute atomic E-state index is 0.0212. The van der Waals surface area contributed by atoms with Crippen molar-refractivity contribution in [1.82, 2.24) is 14.9 Å². The van der Waals surface area contributed by atoms with Crippen LogP contribution >= 0.6 is 0 Å². The number of aliphatic hydroxyl groups is 1. The predicted octanol–water partition coefficient (Wildman–Crippen LogP) is 3.25. The van der Waals surface area contributed by atoms with Crippen LogP contribution in [0.2, 0.25) is 0 Å². The van der Waals surface area contributed by atoms with E-state index < -0.39 is 23.5 Å². The first-order valence-corrected chi connectivity index (χ1v) is 8.94. The molecule has 3 aromatic rings. The number of carbonyl (C=O) groups excluding carboxylic acids is 2. The maximum Gasteiger partial charge on any atom is 0.290 e. The number of nitrogens with zero attached hydrogens (tertiary/aromatic N) is 3. The molecule has 1 amide bonds. The summed E-state index contributed by atoms with van der Waals surface area (Å²) in [6, 6.07) is 9.70. The molecule has 1 atom stereocenters. The molecule has 144 valence electrons. The summed E-state index contributed by atoms with van der Waals surface area (Å²) in [6.07, 6.45) is 10.7. The van der Waals surface area contributed by atoms with Gasteiger partial charge in [0.2, 0.25) is 0 Å². The number of aliphatic hydroxyl groups excluding tert-OH is 1. The molecule has 1 aliphatic heterocycles. The Kier molecular flexibility index (Phi) is 5.03. The van der Waals surface area contributed by atoms with Crippen LogP contribution < -0.4 is 0 Å². The van der Waals surface area contributed by atoms with E-state index in [9.17, 15) is 14.7 Å². The molecule has 0 spiro atoms. The molecule has 4 rings (SSSR count). The first kappa shape index (κ1) is 18.4. The van der Waals surface area contributed by atoms with Gasteiger partial charge in [0.25, 0.3) is 5.91 Å². The van der Waals surface area contributed by atoms with E-state index in [1.807, 2.05) is 6.07 Å². The standard InChI is InChI=1S/C22H17N3O4/c26-18(6-5-17-4-2-12-29-17)19-20(16-7-10-23-11-8-16)25(22(28)21(19)27)14-15-3-1-9-24-13-15/h1-13,20,27H,14H2/b6-5+. The first-order valence-electron chi connectivity index (χ1n) is 8.94. The van der Waals surface area contributed by atoms with Gasteiger partial charge >= 0.3 is 0 Å². The van der Waals surface area contributed by atoms with E-state index in [4.69, 9.17) is 4.42 Å². The van der Waals surface area contributed by atoms with Gasteiger partial charge in [0.05, 0.1) is 17.9 Å². The lowest BCUT2D eigenvalue weighted by Crippen LogP contribution is -2.30. The smallest absolute Gasteiger partial charge is 0.290 e. The Labute approximate surface area is 166 Å². The number of pyridine rings is 2. The molecule has 0 saturated carbocycles. The van der Waals surface area contributed by atoms with Gasteiger partial charge in [-0.05, 0) is 53.6 Å². The summed E-state index contributed by atoms with van der Waals surface area (Å²) in [5, 5.41) is 10.5. The maximum absolute atomic E-state index is 12.9. The minimum Gasteiger partial charge on any atom is -0.503 e. The molecule has 1 unspecified atom stereocenters. The summed E-state index contributed by atoms with van der Waals surface area (Å²) >= 11 is 0. The molecule has 29 heavy (non-hydrogen) atoms. The fourth-order valence-electron chi connectivity index (χ4n) is 3.28. The minimum atomic E-state index is -0.737. The molecule has 1 N–H and O–H groups in total. The van der Waals surface area contributed by atoms with Gasteiger partial charge in [0.1, 0.15) is 5.76 Å². The van der Waals surface area contributed by atoms with Gasteiger partial charge in [-0.2, -0.15) is 0 Å². The first-order chi connectivity index (χ1) is 14.1. The van der Waals surface area contributed by atoms with Crippen LogP contribution in [0.3, 0.4) is 0 Å². The third-order valence-corrected chi connectivity index (χ3v) is 4.61. The number of amides is 1. The third kappa shape index (κ3) is 3.70. The number of aromatic nitrogens is 2. The van der Waals surface area contributed by atoms with Crippen molar-refractivity contribution in [2.24, 2.45) is 0 Å². The van der Waals surface area contributed by atoms with E-state index in [0.717, 1.165) is 5.56 Å². The summed E-state index contributed by atoms with van der Waals surface area (Å²) in [7, 11) is 0. The molecule has 0 bridgehead atoms. The highest BCUT2D eigenvalue weighted by molar-refractivity contribution is 6.14. The predicted molar refractivity (Wildman–Crippen MR) is 104 cm³/mol. The summed E-state index contributed by atoms with van der Waals surface area (Å²) in [5.74, 6) is -1.13. The Hall–Kier alpha value is -4.00. The van der Waals surface area contributed by atoms with Crippen LogP contribution in [0.5, 0.6) is 0 Å². The van der Waals surface area contributed by atoms with Gasteiger partial charge in [-0.3, -0.25) is 19.6 Å². The lowest BCUT2D eigenvalue weighted by Gasteiger charge is -2.26. The van der Waals surface area contributed by atoms with E-state index in [1.165, 1.54) is 23.3 Å². The molecule has 7 heteroatoms. The SMILES string of the molecule is O=C(/C=C/c1ccco1)C1=C(O)C(=O)N(Cc2cccnc2)C1c1ccncc1. The zero-order valence-corrected chi connectivity index (χ0v) is 15.3. The van der Waals surface area contributed by atoms with Gasteiger partial charge in [-0.15, -0.1) is 0 Å². The quantitative estimate of drug-likeness (QED) is 0.652. The maximum atomic E-state index is 12.9. The zero-order valence-electron chi connectivity index (χ0n) is 15.3. The molecule has 0 saturated heterocycles. The van der Waals surface area contributed by atoms with Crippen molar-refractivity contribution in [3.8, 4) is 0 Å². The van der Waals surface area contributed by atoms with Gasteiger partial charge in [0.15, 0.2) is 11.5 Å². The van der Waals surface area contributed by atoms with E-state index in [-0.39, 0.29) is 12.1 Å². The van der Waals surface area contributed by atoms with E-state index in [0.29, 0.717) is 11.3 Å². The Morgan fingerprint density at radius 3 is 2.66 bits per heavy atom. The lowest BCUT2D eigenvalue weighted by molar-refractivity contribution is -0.130. The highest BCUT2D eigenvalue weighted by Crippen LogP contribution is 2.38. The number of carbonyl (C=O) groups is 2. The molecule has 7 nitrogen and oxygen atoms in total. The second-order valence-corrected chi connectivity index (χ2v) is 6.45. The Balaban J connectivity index is 1.71. The largest absolute Gasteiger partial charge is 0.503 e. The number of hydrogen-bond acceptors (Lipinski definition) is 6. The van der Waals surface area contributed by atoms with Gasteiger partial charge in [0, 0.05) is 31.3 Å². The molecule has 3 aromatic heterocycles. The highest BCUT2D eigenvalue weighted by atomic mass is 16.3. The van der Waals surface area contributed by atoms with Crippen molar-refractivity contribution < 1.29 is 19.1 Å². The summed E-state index contributed by atoms with van der Waals surface area (Å²) < 4.78 is 5.20. The summed E-state index contributed by atoms with van der Waals surface area (Å²) in [6.45, 7) is 0.197. The number of allylic oxidation sites excluding steroid dienone is 1. The van der Waals surface area contributed by atoms with E-state index in [1.54, 1.807) is 55.1 Å². The Morgan fingerprint density at radius 1 is 1.14 bits per heavy atom. The van der Waals surface area contributed by atoms with Crippen LogP contribution in [0.15, 0.2) is 89.3 Å². The fraction of sp³-hybridized carbons (Fsp3) is 0.0909. The number of hydrogen-bond donors (Lipinski definition) is 1. The van der Waals surface area contributed by atoms with Crippen molar-refractivity contribution in [3.63, 3.8) is 0 Å². The molecule has 0 aliphatic carbocycles. The second kappa shape index (κ2) is 7.93. The normalized spacial score (nSPS) is 16.8. The molecule has 0 radical (unpaired) electrons. The molecular formula is C22H17N3O4. The molecular weight excluding hydrogens is 370 g/mol. The lowest BCUT2D eigenvalue weighted by atomic mass is 9.96. The van der Waals surface area contributed by atoms with Crippen LogP contribution in [0.25, 0.3) is 6.08 Å². The molecule has 0 fully saturated rings. The van der Waals surface area contributed by atoms with Gasteiger partial charge in [-0.1, -0.05) is 6.07 Å².